The Morgan fingerprint density at radius 2 is 2.00 bits per heavy atom. The summed E-state index contributed by atoms with van der Waals surface area (Å²) in [5, 5.41) is 0.643. The van der Waals surface area contributed by atoms with Gasteiger partial charge < -0.3 is 10.2 Å². The summed E-state index contributed by atoms with van der Waals surface area (Å²) in [6.07, 6.45) is 0.582. The van der Waals surface area contributed by atoms with Gasteiger partial charge in [-0.3, -0.25) is 0 Å². The Morgan fingerprint density at radius 3 is 2.83 bits per heavy atom. The largest absolute Gasteiger partial charge is 0.440 e. The van der Waals surface area contributed by atoms with Gasteiger partial charge in [0.25, 0.3) is 0 Å². The number of halogens is 1. The number of nitrogens with two attached hydrogens (primary N) is 1. The zero-order valence-corrected chi connectivity index (χ0v) is 10.3. The fraction of sp³-hybridized carbons (Fsp3) is 0.0714. The van der Waals surface area contributed by atoms with Crippen LogP contribution in [-0.2, 0) is 6.42 Å². The first kappa shape index (κ1) is 11.1. The number of rotatable bonds is 2. The SMILES string of the molecule is Nc1ccccc1Cc1nc2ccc(Cl)cc2o1. The van der Waals surface area contributed by atoms with E-state index in [1.54, 1.807) is 12.1 Å². The number of fused-ring (bicyclic) bond motifs is 1. The molecule has 4 heteroatoms. The fourth-order valence-corrected chi connectivity index (χ4v) is 2.04. The number of para-hydroxylation sites is 1. The standard InChI is InChI=1S/C14H11ClN2O/c15-10-5-6-12-13(8-10)18-14(17-12)7-9-3-1-2-4-11(9)16/h1-6,8H,7,16H2. The van der Waals surface area contributed by atoms with Gasteiger partial charge in [0, 0.05) is 16.8 Å². The molecule has 2 N–H and O–H groups in total. The highest BCUT2D eigenvalue weighted by Crippen LogP contribution is 2.22. The van der Waals surface area contributed by atoms with Crippen LogP contribution < -0.4 is 5.73 Å². The Morgan fingerprint density at radius 1 is 1.17 bits per heavy atom. The van der Waals surface area contributed by atoms with Crippen molar-refractivity contribution in [2.75, 3.05) is 5.73 Å². The van der Waals surface area contributed by atoms with Gasteiger partial charge in [0.05, 0.1) is 6.42 Å². The molecule has 0 saturated carbocycles. The molecule has 2 aromatic carbocycles. The van der Waals surface area contributed by atoms with Gasteiger partial charge in [0.2, 0.25) is 0 Å². The molecule has 3 rings (SSSR count). The Bertz CT molecular complexity index is 706. The highest BCUT2D eigenvalue weighted by molar-refractivity contribution is 6.31. The van der Waals surface area contributed by atoms with Crippen molar-refractivity contribution >= 4 is 28.4 Å². The van der Waals surface area contributed by atoms with Gasteiger partial charge in [0.15, 0.2) is 11.5 Å². The van der Waals surface area contributed by atoms with E-state index < -0.39 is 0 Å². The summed E-state index contributed by atoms with van der Waals surface area (Å²) in [5.41, 5.74) is 9.16. The molecule has 0 amide bonds. The van der Waals surface area contributed by atoms with Crippen molar-refractivity contribution in [3.05, 3.63) is 58.9 Å². The van der Waals surface area contributed by atoms with Crippen molar-refractivity contribution in [3.8, 4) is 0 Å². The molecule has 0 bridgehead atoms. The smallest absolute Gasteiger partial charge is 0.199 e. The van der Waals surface area contributed by atoms with Gasteiger partial charge in [0.1, 0.15) is 5.52 Å². The van der Waals surface area contributed by atoms with Gasteiger partial charge in [-0.05, 0) is 23.8 Å². The molecule has 0 aliphatic carbocycles. The monoisotopic (exact) mass is 258 g/mol. The van der Waals surface area contributed by atoms with E-state index in [-0.39, 0.29) is 0 Å². The first-order valence-electron chi connectivity index (χ1n) is 5.61. The lowest BCUT2D eigenvalue weighted by Crippen LogP contribution is -1.95. The second-order valence-electron chi connectivity index (χ2n) is 4.10. The predicted molar refractivity (Wildman–Crippen MR) is 72.7 cm³/mol. The van der Waals surface area contributed by atoms with Crippen molar-refractivity contribution in [1.29, 1.82) is 0 Å². The van der Waals surface area contributed by atoms with E-state index in [4.69, 9.17) is 21.8 Å². The maximum absolute atomic E-state index is 5.91. The van der Waals surface area contributed by atoms with E-state index in [1.165, 1.54) is 0 Å². The lowest BCUT2D eigenvalue weighted by Gasteiger charge is -2.01. The topological polar surface area (TPSA) is 52.0 Å². The molecule has 0 spiro atoms. The highest BCUT2D eigenvalue weighted by atomic mass is 35.5. The molecule has 0 atom stereocenters. The minimum atomic E-state index is 0.582. The Labute approximate surface area is 109 Å². The number of aromatic nitrogens is 1. The summed E-state index contributed by atoms with van der Waals surface area (Å²) in [7, 11) is 0. The normalized spacial score (nSPS) is 10.9. The number of nitrogen functional groups attached to an aromatic ring is 1. The van der Waals surface area contributed by atoms with E-state index in [2.05, 4.69) is 4.98 Å². The van der Waals surface area contributed by atoms with Crippen molar-refractivity contribution in [3.63, 3.8) is 0 Å². The first-order valence-corrected chi connectivity index (χ1v) is 5.98. The minimum Gasteiger partial charge on any atom is -0.440 e. The summed E-state index contributed by atoms with van der Waals surface area (Å²) in [6.45, 7) is 0. The summed E-state index contributed by atoms with van der Waals surface area (Å²) >= 11 is 5.91. The van der Waals surface area contributed by atoms with Crippen LogP contribution in [-0.4, -0.2) is 4.98 Å². The van der Waals surface area contributed by atoms with E-state index in [9.17, 15) is 0 Å². The van der Waals surface area contributed by atoms with Crippen LogP contribution in [0.2, 0.25) is 5.02 Å². The maximum atomic E-state index is 5.91. The van der Waals surface area contributed by atoms with Gasteiger partial charge in [-0.1, -0.05) is 29.8 Å². The summed E-state index contributed by atoms with van der Waals surface area (Å²) in [5.74, 6) is 0.644. The van der Waals surface area contributed by atoms with Crippen LogP contribution in [0.1, 0.15) is 11.5 Å². The lowest BCUT2D eigenvalue weighted by atomic mass is 10.1. The quantitative estimate of drug-likeness (QED) is 0.714. The van der Waals surface area contributed by atoms with E-state index in [1.807, 2.05) is 30.3 Å². The van der Waals surface area contributed by atoms with E-state index in [0.29, 0.717) is 22.9 Å². The van der Waals surface area contributed by atoms with Gasteiger partial charge >= 0.3 is 0 Å². The Hall–Kier alpha value is -2.00. The lowest BCUT2D eigenvalue weighted by molar-refractivity contribution is 0.544. The van der Waals surface area contributed by atoms with Gasteiger partial charge in [-0.25, -0.2) is 4.98 Å². The van der Waals surface area contributed by atoms with Crippen LogP contribution in [0.3, 0.4) is 0 Å². The van der Waals surface area contributed by atoms with Crippen LogP contribution in [0.5, 0.6) is 0 Å². The number of hydrogen-bond acceptors (Lipinski definition) is 3. The van der Waals surface area contributed by atoms with Gasteiger partial charge in [-0.2, -0.15) is 0 Å². The predicted octanol–water partition coefficient (Wildman–Crippen LogP) is 3.65. The molecule has 0 unspecified atom stereocenters. The third-order valence-corrected chi connectivity index (χ3v) is 3.03. The number of hydrogen-bond donors (Lipinski definition) is 1. The van der Waals surface area contributed by atoms with Crippen molar-refractivity contribution in [2.24, 2.45) is 0 Å². The number of anilines is 1. The number of benzene rings is 2. The van der Waals surface area contributed by atoms with Crippen molar-refractivity contribution in [1.82, 2.24) is 4.98 Å². The molecular formula is C14H11ClN2O. The minimum absolute atomic E-state index is 0.582. The molecule has 1 heterocycles. The molecule has 0 aliphatic heterocycles. The van der Waals surface area contributed by atoms with Crippen LogP contribution in [0.15, 0.2) is 46.9 Å². The summed E-state index contributed by atoms with van der Waals surface area (Å²) < 4.78 is 5.66. The molecule has 90 valence electrons. The molecular weight excluding hydrogens is 248 g/mol. The molecule has 3 nitrogen and oxygen atoms in total. The molecule has 0 aliphatic rings. The molecule has 0 saturated heterocycles. The third kappa shape index (κ3) is 2.05. The average Bonchev–Trinajstić information content (AvgIpc) is 2.73. The number of oxazole rings is 1. The Kier molecular flexibility index (Phi) is 2.68. The third-order valence-electron chi connectivity index (χ3n) is 2.79. The average molecular weight is 259 g/mol. The van der Waals surface area contributed by atoms with Crippen LogP contribution in [0.4, 0.5) is 5.69 Å². The highest BCUT2D eigenvalue weighted by Gasteiger charge is 2.08. The van der Waals surface area contributed by atoms with E-state index >= 15 is 0 Å². The Balaban J connectivity index is 1.98. The van der Waals surface area contributed by atoms with Gasteiger partial charge in [-0.15, -0.1) is 0 Å². The number of nitrogens with zero attached hydrogens (tertiary/aromatic N) is 1. The fourth-order valence-electron chi connectivity index (χ4n) is 1.88. The molecule has 0 radical (unpaired) electrons. The molecule has 3 aromatic rings. The van der Waals surface area contributed by atoms with E-state index in [0.717, 1.165) is 16.8 Å². The second-order valence-corrected chi connectivity index (χ2v) is 4.53. The van der Waals surface area contributed by atoms with Crippen LogP contribution in [0.25, 0.3) is 11.1 Å². The zero-order chi connectivity index (χ0) is 12.5. The first-order chi connectivity index (χ1) is 8.72. The maximum Gasteiger partial charge on any atom is 0.199 e. The summed E-state index contributed by atoms with van der Waals surface area (Å²) in [6, 6.07) is 13.1. The molecule has 1 aromatic heterocycles. The molecule has 0 fully saturated rings. The van der Waals surface area contributed by atoms with Crippen LogP contribution in [0, 0.1) is 0 Å². The second kappa shape index (κ2) is 4.35. The summed E-state index contributed by atoms with van der Waals surface area (Å²) in [4.78, 5) is 4.41. The van der Waals surface area contributed by atoms with Crippen molar-refractivity contribution in [2.45, 2.75) is 6.42 Å². The molecule has 18 heavy (non-hydrogen) atoms. The zero-order valence-electron chi connectivity index (χ0n) is 9.56. The van der Waals surface area contributed by atoms with Crippen LogP contribution >= 0.6 is 11.6 Å². The van der Waals surface area contributed by atoms with Crippen molar-refractivity contribution < 1.29 is 4.42 Å².